The second kappa shape index (κ2) is 7.64. The molecule has 1 fully saturated rings. The van der Waals surface area contributed by atoms with E-state index < -0.39 is 9.84 Å². The maximum atomic E-state index is 11.5. The Morgan fingerprint density at radius 3 is 2.65 bits per heavy atom. The summed E-state index contributed by atoms with van der Waals surface area (Å²) in [7, 11) is -2.81. The van der Waals surface area contributed by atoms with Crippen molar-refractivity contribution in [2.45, 2.75) is 50.8 Å². The van der Waals surface area contributed by atoms with Crippen molar-refractivity contribution >= 4 is 21.6 Å². The highest BCUT2D eigenvalue weighted by atomic mass is 32.2. The van der Waals surface area contributed by atoms with Crippen LogP contribution in [0.15, 0.2) is 0 Å². The molecule has 2 atom stereocenters. The van der Waals surface area contributed by atoms with Gasteiger partial charge < -0.3 is 5.32 Å². The van der Waals surface area contributed by atoms with Crippen LogP contribution in [-0.4, -0.2) is 43.5 Å². The maximum absolute atomic E-state index is 11.5. The quantitative estimate of drug-likeness (QED) is 0.739. The summed E-state index contributed by atoms with van der Waals surface area (Å²) in [5.41, 5.74) is 0. The van der Waals surface area contributed by atoms with E-state index in [-0.39, 0.29) is 0 Å². The van der Waals surface area contributed by atoms with E-state index in [0.717, 1.165) is 11.7 Å². The SMILES string of the molecule is CCCS(=O)(=O)CCNC1CCC(SCC)C1. The molecule has 102 valence electrons. The molecule has 1 rings (SSSR count). The summed E-state index contributed by atoms with van der Waals surface area (Å²) in [6, 6.07) is 0.538. The van der Waals surface area contributed by atoms with Gasteiger partial charge in [0.15, 0.2) is 9.84 Å². The molecular weight excluding hydrogens is 254 g/mol. The van der Waals surface area contributed by atoms with Crippen molar-refractivity contribution in [1.29, 1.82) is 0 Å². The standard InChI is InChI=1S/C12H25NO2S2/c1-3-8-17(14,15)9-7-13-11-5-6-12(10-11)16-4-2/h11-13H,3-10H2,1-2H3. The Kier molecular flexibility index (Phi) is 6.89. The largest absolute Gasteiger partial charge is 0.313 e. The molecule has 3 nitrogen and oxygen atoms in total. The van der Waals surface area contributed by atoms with Crippen LogP contribution in [0.5, 0.6) is 0 Å². The van der Waals surface area contributed by atoms with E-state index in [9.17, 15) is 8.42 Å². The Bertz CT molecular complexity index is 304. The third kappa shape index (κ3) is 6.11. The predicted octanol–water partition coefficient (Wildman–Crippen LogP) is 2.07. The molecule has 1 aliphatic carbocycles. The van der Waals surface area contributed by atoms with Crippen LogP contribution in [0.1, 0.15) is 39.5 Å². The first-order valence-corrected chi connectivity index (χ1v) is 9.49. The van der Waals surface area contributed by atoms with Gasteiger partial charge in [0.05, 0.1) is 5.75 Å². The summed E-state index contributed by atoms with van der Waals surface area (Å²) in [6.07, 6.45) is 4.40. The molecule has 5 heteroatoms. The first-order valence-electron chi connectivity index (χ1n) is 6.62. The fourth-order valence-corrected chi connectivity index (χ4v) is 4.74. The minimum atomic E-state index is -2.81. The maximum Gasteiger partial charge on any atom is 0.151 e. The van der Waals surface area contributed by atoms with Crippen molar-refractivity contribution in [2.24, 2.45) is 0 Å². The Balaban J connectivity index is 2.16. The molecule has 0 amide bonds. The van der Waals surface area contributed by atoms with Gasteiger partial charge in [0.25, 0.3) is 0 Å². The summed E-state index contributed by atoms with van der Waals surface area (Å²) in [5, 5.41) is 4.17. The minimum Gasteiger partial charge on any atom is -0.313 e. The van der Waals surface area contributed by atoms with Gasteiger partial charge >= 0.3 is 0 Å². The zero-order valence-electron chi connectivity index (χ0n) is 10.9. The molecular formula is C12H25NO2S2. The van der Waals surface area contributed by atoms with Gasteiger partial charge in [-0.3, -0.25) is 0 Å². The van der Waals surface area contributed by atoms with E-state index in [0.29, 0.717) is 24.1 Å². The average Bonchev–Trinajstić information content (AvgIpc) is 2.66. The van der Waals surface area contributed by atoms with E-state index >= 15 is 0 Å². The number of sulfone groups is 1. The van der Waals surface area contributed by atoms with Crippen molar-refractivity contribution in [2.75, 3.05) is 23.8 Å². The summed E-state index contributed by atoms with van der Waals surface area (Å²) in [5.74, 6) is 1.80. The topological polar surface area (TPSA) is 46.2 Å². The lowest BCUT2D eigenvalue weighted by atomic mass is 10.2. The minimum absolute atomic E-state index is 0.295. The Labute approximate surface area is 110 Å². The molecule has 0 spiro atoms. The second-order valence-electron chi connectivity index (χ2n) is 4.69. The molecule has 0 aromatic heterocycles. The van der Waals surface area contributed by atoms with Crippen molar-refractivity contribution in [3.05, 3.63) is 0 Å². The molecule has 0 saturated heterocycles. The molecule has 0 aromatic rings. The lowest BCUT2D eigenvalue weighted by Gasteiger charge is -2.12. The van der Waals surface area contributed by atoms with Crippen LogP contribution in [0.3, 0.4) is 0 Å². The van der Waals surface area contributed by atoms with Gasteiger partial charge in [-0.15, -0.1) is 0 Å². The van der Waals surface area contributed by atoms with Gasteiger partial charge in [-0.1, -0.05) is 13.8 Å². The molecule has 17 heavy (non-hydrogen) atoms. The first kappa shape index (κ1) is 15.3. The molecule has 0 radical (unpaired) electrons. The van der Waals surface area contributed by atoms with Crippen molar-refractivity contribution in [3.8, 4) is 0 Å². The van der Waals surface area contributed by atoms with Crippen LogP contribution in [-0.2, 0) is 9.84 Å². The molecule has 2 unspecified atom stereocenters. The van der Waals surface area contributed by atoms with Crippen LogP contribution in [0.4, 0.5) is 0 Å². The second-order valence-corrected chi connectivity index (χ2v) is 8.57. The molecule has 0 bridgehead atoms. The van der Waals surface area contributed by atoms with Crippen LogP contribution in [0.2, 0.25) is 0 Å². The van der Waals surface area contributed by atoms with Crippen LogP contribution >= 0.6 is 11.8 Å². The zero-order chi connectivity index (χ0) is 12.7. The lowest BCUT2D eigenvalue weighted by molar-refractivity contribution is 0.536. The Morgan fingerprint density at radius 1 is 1.24 bits per heavy atom. The first-order chi connectivity index (χ1) is 8.07. The number of nitrogens with one attached hydrogen (secondary N) is 1. The molecule has 0 aromatic carbocycles. The highest BCUT2D eigenvalue weighted by Crippen LogP contribution is 2.29. The van der Waals surface area contributed by atoms with Crippen LogP contribution < -0.4 is 5.32 Å². The van der Waals surface area contributed by atoms with Crippen molar-refractivity contribution in [3.63, 3.8) is 0 Å². The summed E-state index contributed by atoms with van der Waals surface area (Å²) in [4.78, 5) is 0. The smallest absolute Gasteiger partial charge is 0.151 e. The monoisotopic (exact) mass is 279 g/mol. The summed E-state index contributed by atoms with van der Waals surface area (Å²) in [6.45, 7) is 4.73. The number of hydrogen-bond acceptors (Lipinski definition) is 4. The van der Waals surface area contributed by atoms with Crippen LogP contribution in [0.25, 0.3) is 0 Å². The normalized spacial score (nSPS) is 25.3. The van der Waals surface area contributed by atoms with Crippen LogP contribution in [0, 0.1) is 0 Å². The highest BCUT2D eigenvalue weighted by Gasteiger charge is 2.24. The van der Waals surface area contributed by atoms with Crippen molar-refractivity contribution < 1.29 is 8.42 Å². The van der Waals surface area contributed by atoms with E-state index in [1.807, 2.05) is 18.7 Å². The van der Waals surface area contributed by atoms with E-state index in [2.05, 4.69) is 12.2 Å². The molecule has 1 N–H and O–H groups in total. The van der Waals surface area contributed by atoms with Gasteiger partial charge in [-0.2, -0.15) is 11.8 Å². The zero-order valence-corrected chi connectivity index (χ0v) is 12.6. The van der Waals surface area contributed by atoms with E-state index in [1.165, 1.54) is 25.0 Å². The average molecular weight is 279 g/mol. The Morgan fingerprint density at radius 2 is 2.00 bits per heavy atom. The van der Waals surface area contributed by atoms with Gasteiger partial charge in [0.2, 0.25) is 0 Å². The van der Waals surface area contributed by atoms with E-state index in [4.69, 9.17) is 0 Å². The molecule has 0 aliphatic heterocycles. The molecule has 1 aliphatic rings. The fraction of sp³-hybridized carbons (Fsp3) is 1.00. The molecule has 0 heterocycles. The van der Waals surface area contributed by atoms with Crippen molar-refractivity contribution in [1.82, 2.24) is 5.32 Å². The summed E-state index contributed by atoms with van der Waals surface area (Å²) >= 11 is 2.03. The lowest BCUT2D eigenvalue weighted by Crippen LogP contribution is -2.32. The number of hydrogen-bond donors (Lipinski definition) is 1. The van der Waals surface area contributed by atoms with Gasteiger partial charge in [0, 0.05) is 23.6 Å². The number of rotatable bonds is 8. The highest BCUT2D eigenvalue weighted by molar-refractivity contribution is 7.99. The third-order valence-electron chi connectivity index (χ3n) is 3.15. The van der Waals surface area contributed by atoms with E-state index in [1.54, 1.807) is 0 Å². The predicted molar refractivity (Wildman–Crippen MR) is 76.5 cm³/mol. The van der Waals surface area contributed by atoms with Gasteiger partial charge in [0.1, 0.15) is 0 Å². The third-order valence-corrected chi connectivity index (χ3v) is 6.24. The molecule has 1 saturated carbocycles. The van der Waals surface area contributed by atoms with Gasteiger partial charge in [-0.05, 0) is 31.4 Å². The van der Waals surface area contributed by atoms with Gasteiger partial charge in [-0.25, -0.2) is 8.42 Å². The number of thioether (sulfide) groups is 1. The fourth-order valence-electron chi connectivity index (χ4n) is 2.34. The Hall–Kier alpha value is 0.260. The summed E-state index contributed by atoms with van der Waals surface area (Å²) < 4.78 is 23.1.